The molecule has 0 radical (unpaired) electrons. The number of thiophene rings is 1. The van der Waals surface area contributed by atoms with Crippen molar-refractivity contribution in [2.75, 3.05) is 23.8 Å². The zero-order valence-electron chi connectivity index (χ0n) is 9.56. The molecule has 0 bridgehead atoms. The van der Waals surface area contributed by atoms with E-state index < -0.39 is 0 Å². The molecule has 2 heterocycles. The number of anilines is 3. The molecular weight excluding hydrogens is 316 g/mol. The molecule has 0 fully saturated rings. The molecule has 0 spiro atoms. The van der Waals surface area contributed by atoms with Crippen LogP contribution in [0, 0.1) is 0 Å². The molecule has 0 aliphatic carbocycles. The van der Waals surface area contributed by atoms with E-state index >= 15 is 0 Å². The Morgan fingerprint density at radius 3 is 2.83 bits per heavy atom. The van der Waals surface area contributed by atoms with Crippen molar-refractivity contribution in [2.24, 2.45) is 0 Å². The third kappa shape index (κ3) is 3.94. The van der Waals surface area contributed by atoms with Gasteiger partial charge in [-0.1, -0.05) is 0 Å². The van der Waals surface area contributed by atoms with E-state index in [2.05, 4.69) is 36.5 Å². The Morgan fingerprint density at radius 1 is 1.28 bits per heavy atom. The molecular formula is C11H13BrN4OS. The lowest BCUT2D eigenvalue weighted by Gasteiger charge is -2.06. The van der Waals surface area contributed by atoms with E-state index in [1.54, 1.807) is 11.3 Å². The Bertz CT molecular complexity index is 505. The maximum atomic E-state index is 8.71. The van der Waals surface area contributed by atoms with Crippen molar-refractivity contribution < 1.29 is 5.11 Å². The number of nitrogens with zero attached hydrogens (tertiary/aromatic N) is 2. The largest absolute Gasteiger partial charge is 0.396 e. The van der Waals surface area contributed by atoms with Gasteiger partial charge in [0.05, 0.1) is 8.79 Å². The van der Waals surface area contributed by atoms with Crippen LogP contribution in [0.15, 0.2) is 28.3 Å². The highest BCUT2D eigenvalue weighted by Crippen LogP contribution is 2.28. The predicted molar refractivity (Wildman–Crippen MR) is 77.5 cm³/mol. The second kappa shape index (κ2) is 6.67. The average molecular weight is 329 g/mol. The van der Waals surface area contributed by atoms with Gasteiger partial charge in [-0.25, -0.2) is 9.97 Å². The number of rotatable bonds is 6. The summed E-state index contributed by atoms with van der Waals surface area (Å²) in [5.41, 5.74) is 0. The van der Waals surface area contributed by atoms with Crippen LogP contribution in [0.25, 0.3) is 0 Å². The first-order chi connectivity index (χ1) is 8.78. The van der Waals surface area contributed by atoms with Crippen molar-refractivity contribution in [1.82, 2.24) is 9.97 Å². The van der Waals surface area contributed by atoms with Crippen molar-refractivity contribution >= 4 is 43.9 Å². The number of hydrogen-bond acceptors (Lipinski definition) is 6. The van der Waals surface area contributed by atoms with Crippen LogP contribution in [0.5, 0.6) is 0 Å². The molecule has 0 aliphatic heterocycles. The maximum Gasteiger partial charge on any atom is 0.136 e. The van der Waals surface area contributed by atoms with Crippen molar-refractivity contribution in [2.45, 2.75) is 6.42 Å². The first kappa shape index (κ1) is 13.3. The van der Waals surface area contributed by atoms with E-state index in [-0.39, 0.29) is 6.61 Å². The van der Waals surface area contributed by atoms with Gasteiger partial charge in [0.2, 0.25) is 0 Å². The standard InChI is InChI=1S/C11H13BrN4OS/c12-8-2-3-11(18-8)16-10-6-9(14-7-15-10)13-4-1-5-17/h2-3,6-7,17H,1,4-5H2,(H2,13,14,15,16). The van der Waals surface area contributed by atoms with Crippen LogP contribution in [0.1, 0.15) is 6.42 Å². The van der Waals surface area contributed by atoms with Gasteiger partial charge in [-0.05, 0) is 34.5 Å². The van der Waals surface area contributed by atoms with Crippen LogP contribution >= 0.6 is 27.3 Å². The normalized spacial score (nSPS) is 10.3. The molecule has 0 atom stereocenters. The molecule has 2 aromatic heterocycles. The summed E-state index contributed by atoms with van der Waals surface area (Å²) in [7, 11) is 0. The van der Waals surface area contributed by atoms with E-state index in [0.717, 1.165) is 20.4 Å². The summed E-state index contributed by atoms with van der Waals surface area (Å²) in [4.78, 5) is 8.26. The molecule has 5 nitrogen and oxygen atoms in total. The Hall–Kier alpha value is -1.18. The fourth-order valence-corrected chi connectivity index (χ4v) is 2.62. The maximum absolute atomic E-state index is 8.71. The van der Waals surface area contributed by atoms with Gasteiger partial charge in [0.25, 0.3) is 0 Å². The smallest absolute Gasteiger partial charge is 0.136 e. The molecule has 0 aromatic carbocycles. The quantitative estimate of drug-likeness (QED) is 0.711. The molecule has 7 heteroatoms. The van der Waals surface area contributed by atoms with Crippen molar-refractivity contribution in [3.63, 3.8) is 0 Å². The van der Waals surface area contributed by atoms with E-state index in [9.17, 15) is 0 Å². The van der Waals surface area contributed by atoms with Crippen LogP contribution in [0.2, 0.25) is 0 Å². The van der Waals surface area contributed by atoms with Gasteiger partial charge < -0.3 is 15.7 Å². The number of aliphatic hydroxyl groups is 1. The van der Waals surface area contributed by atoms with Crippen LogP contribution in [0.3, 0.4) is 0 Å². The minimum Gasteiger partial charge on any atom is -0.396 e. The molecule has 2 aromatic rings. The van der Waals surface area contributed by atoms with E-state index in [0.29, 0.717) is 13.0 Å². The summed E-state index contributed by atoms with van der Waals surface area (Å²) in [5, 5.41) is 16.0. The zero-order valence-corrected chi connectivity index (χ0v) is 12.0. The summed E-state index contributed by atoms with van der Waals surface area (Å²) in [5.74, 6) is 1.49. The highest BCUT2D eigenvalue weighted by molar-refractivity contribution is 9.11. The number of hydrogen-bond donors (Lipinski definition) is 3. The molecule has 18 heavy (non-hydrogen) atoms. The van der Waals surface area contributed by atoms with Crippen molar-refractivity contribution in [1.29, 1.82) is 0 Å². The first-order valence-corrected chi connectivity index (χ1v) is 7.08. The summed E-state index contributed by atoms with van der Waals surface area (Å²) < 4.78 is 1.07. The third-order valence-corrected chi connectivity index (χ3v) is 3.67. The predicted octanol–water partition coefficient (Wildman–Crippen LogP) is 2.84. The van der Waals surface area contributed by atoms with Crippen LogP contribution < -0.4 is 10.6 Å². The van der Waals surface area contributed by atoms with Gasteiger partial charge >= 0.3 is 0 Å². The fraction of sp³-hybridized carbons (Fsp3) is 0.273. The topological polar surface area (TPSA) is 70.1 Å². The molecule has 0 unspecified atom stereocenters. The molecule has 0 saturated heterocycles. The van der Waals surface area contributed by atoms with Gasteiger partial charge in [-0.15, -0.1) is 11.3 Å². The lowest BCUT2D eigenvalue weighted by atomic mass is 10.4. The van der Waals surface area contributed by atoms with Crippen LogP contribution in [-0.2, 0) is 0 Å². The summed E-state index contributed by atoms with van der Waals surface area (Å²) in [6.07, 6.45) is 2.21. The summed E-state index contributed by atoms with van der Waals surface area (Å²) >= 11 is 5.01. The molecule has 0 saturated carbocycles. The number of aliphatic hydroxyl groups excluding tert-OH is 1. The number of nitrogens with one attached hydrogen (secondary N) is 2. The van der Waals surface area contributed by atoms with E-state index in [4.69, 9.17) is 5.11 Å². The Labute approximate surface area is 117 Å². The van der Waals surface area contributed by atoms with Gasteiger partial charge in [-0.3, -0.25) is 0 Å². The summed E-state index contributed by atoms with van der Waals surface area (Å²) in [6, 6.07) is 5.80. The second-order valence-electron chi connectivity index (χ2n) is 3.52. The monoisotopic (exact) mass is 328 g/mol. The Kier molecular flexibility index (Phi) is 4.91. The van der Waals surface area contributed by atoms with Gasteiger partial charge in [-0.2, -0.15) is 0 Å². The van der Waals surface area contributed by atoms with Crippen LogP contribution in [0.4, 0.5) is 16.6 Å². The zero-order chi connectivity index (χ0) is 12.8. The minimum atomic E-state index is 0.173. The number of halogens is 1. The van der Waals surface area contributed by atoms with E-state index in [1.807, 2.05) is 18.2 Å². The minimum absolute atomic E-state index is 0.173. The first-order valence-electron chi connectivity index (χ1n) is 5.47. The third-order valence-electron chi connectivity index (χ3n) is 2.13. The molecule has 0 amide bonds. The number of aromatic nitrogens is 2. The van der Waals surface area contributed by atoms with Crippen LogP contribution in [-0.4, -0.2) is 28.2 Å². The summed E-state index contributed by atoms with van der Waals surface area (Å²) in [6.45, 7) is 0.865. The molecule has 0 aliphatic rings. The second-order valence-corrected chi connectivity index (χ2v) is 5.98. The molecule has 3 N–H and O–H groups in total. The van der Waals surface area contributed by atoms with Gasteiger partial charge in [0.15, 0.2) is 0 Å². The highest BCUT2D eigenvalue weighted by atomic mass is 79.9. The fourth-order valence-electron chi connectivity index (χ4n) is 1.33. The molecule has 2 rings (SSSR count). The van der Waals surface area contributed by atoms with Crippen molar-refractivity contribution in [3.8, 4) is 0 Å². The Balaban J connectivity index is 1.98. The SMILES string of the molecule is OCCCNc1cc(Nc2ccc(Br)s2)ncn1. The van der Waals surface area contributed by atoms with Crippen molar-refractivity contribution in [3.05, 3.63) is 28.3 Å². The van der Waals surface area contributed by atoms with Gasteiger partial charge in [0, 0.05) is 19.2 Å². The lowest BCUT2D eigenvalue weighted by molar-refractivity contribution is 0.292. The average Bonchev–Trinajstić information content (AvgIpc) is 2.76. The Morgan fingerprint density at radius 2 is 2.11 bits per heavy atom. The highest BCUT2D eigenvalue weighted by Gasteiger charge is 2.01. The van der Waals surface area contributed by atoms with E-state index in [1.165, 1.54) is 6.33 Å². The van der Waals surface area contributed by atoms with Gasteiger partial charge in [0.1, 0.15) is 18.0 Å². The lowest BCUT2D eigenvalue weighted by Crippen LogP contribution is -2.05. The molecule has 96 valence electrons.